The summed E-state index contributed by atoms with van der Waals surface area (Å²) in [5.74, 6) is -0.0518. The Morgan fingerprint density at radius 3 is 2.76 bits per heavy atom. The fourth-order valence-corrected chi connectivity index (χ4v) is 3.98. The van der Waals surface area contributed by atoms with Crippen LogP contribution >= 0.6 is 22.7 Å². The Kier molecular flexibility index (Phi) is 5.34. The Morgan fingerprint density at radius 2 is 2.08 bits per heavy atom. The number of nitrogens with one attached hydrogen (secondary N) is 1. The third-order valence-electron chi connectivity index (χ3n) is 3.67. The maximum absolute atomic E-state index is 12.2. The molecular weight excluding hydrogens is 362 g/mol. The van der Waals surface area contributed by atoms with Crippen LogP contribution in [-0.4, -0.2) is 35.9 Å². The van der Waals surface area contributed by atoms with Crippen LogP contribution in [0, 0.1) is 0 Å². The third kappa shape index (κ3) is 3.82. The molecule has 1 N–H and O–H groups in total. The summed E-state index contributed by atoms with van der Waals surface area (Å²) >= 11 is 2.72. The first-order valence-electron chi connectivity index (χ1n) is 7.82. The molecule has 0 aliphatic rings. The molecule has 0 saturated carbocycles. The van der Waals surface area contributed by atoms with E-state index in [0.717, 1.165) is 27.2 Å². The number of anilines is 1. The fraction of sp³-hybridized carbons (Fsp3) is 0.429. The van der Waals surface area contributed by atoms with Crippen LogP contribution < -0.4 is 11.0 Å². The maximum atomic E-state index is 12.2. The van der Waals surface area contributed by atoms with E-state index in [-0.39, 0.29) is 6.54 Å². The molecular formula is C14H17N7O2S2. The van der Waals surface area contributed by atoms with Crippen molar-refractivity contribution in [2.24, 2.45) is 0 Å². The van der Waals surface area contributed by atoms with Crippen LogP contribution in [0.5, 0.6) is 0 Å². The van der Waals surface area contributed by atoms with Crippen molar-refractivity contribution in [2.75, 3.05) is 5.32 Å². The van der Waals surface area contributed by atoms with Gasteiger partial charge in [0.25, 0.3) is 0 Å². The van der Waals surface area contributed by atoms with Gasteiger partial charge in [0, 0.05) is 5.92 Å². The molecule has 132 valence electrons. The average molecular weight is 379 g/mol. The summed E-state index contributed by atoms with van der Waals surface area (Å²) in [6.07, 6.45) is 1.95. The highest BCUT2D eigenvalue weighted by Crippen LogP contribution is 2.27. The van der Waals surface area contributed by atoms with Gasteiger partial charge in [0.1, 0.15) is 16.6 Å². The summed E-state index contributed by atoms with van der Waals surface area (Å²) in [4.78, 5) is 24.4. The number of nitrogens with zero attached hydrogens (tertiary/aromatic N) is 6. The fourth-order valence-electron chi connectivity index (χ4n) is 2.28. The highest BCUT2D eigenvalue weighted by atomic mass is 32.1. The SMILES string of the molecule is CCC(CC)c1nnc(NC(=O)Cn2nnn(-c3cccs3)c2=O)s1. The first-order chi connectivity index (χ1) is 12.1. The molecule has 0 atom stereocenters. The number of hydrogen-bond acceptors (Lipinski definition) is 8. The van der Waals surface area contributed by atoms with E-state index in [1.54, 1.807) is 6.07 Å². The van der Waals surface area contributed by atoms with Crippen LogP contribution in [-0.2, 0) is 11.3 Å². The van der Waals surface area contributed by atoms with Crippen LogP contribution in [0.3, 0.4) is 0 Å². The number of tetrazole rings is 1. The summed E-state index contributed by atoms with van der Waals surface area (Å²) in [6.45, 7) is 3.96. The molecule has 3 rings (SSSR count). The molecule has 3 aromatic heterocycles. The number of carbonyl (C=O) groups excluding carboxylic acids is 1. The maximum Gasteiger partial charge on any atom is 0.369 e. The van der Waals surface area contributed by atoms with Crippen molar-refractivity contribution in [3.63, 3.8) is 0 Å². The molecule has 0 spiro atoms. The van der Waals surface area contributed by atoms with Gasteiger partial charge in [0.15, 0.2) is 0 Å². The topological polar surface area (TPSA) is 108 Å². The van der Waals surface area contributed by atoms with Crippen LogP contribution in [0.1, 0.15) is 37.6 Å². The zero-order valence-corrected chi connectivity index (χ0v) is 15.4. The second-order valence-electron chi connectivity index (χ2n) is 5.29. The largest absolute Gasteiger partial charge is 0.369 e. The van der Waals surface area contributed by atoms with Crippen LogP contribution in [0.4, 0.5) is 5.13 Å². The molecule has 3 aromatic rings. The predicted molar refractivity (Wildman–Crippen MR) is 95.4 cm³/mol. The molecule has 0 fully saturated rings. The van der Waals surface area contributed by atoms with Gasteiger partial charge < -0.3 is 0 Å². The summed E-state index contributed by atoms with van der Waals surface area (Å²) in [6, 6.07) is 3.57. The molecule has 0 saturated heterocycles. The smallest absolute Gasteiger partial charge is 0.299 e. The Morgan fingerprint density at radius 1 is 1.28 bits per heavy atom. The number of rotatable bonds is 7. The van der Waals surface area contributed by atoms with E-state index in [1.165, 1.54) is 22.7 Å². The lowest BCUT2D eigenvalue weighted by molar-refractivity contribution is -0.117. The van der Waals surface area contributed by atoms with Gasteiger partial charge in [-0.3, -0.25) is 10.1 Å². The summed E-state index contributed by atoms with van der Waals surface area (Å²) < 4.78 is 2.17. The molecule has 11 heteroatoms. The molecule has 0 radical (unpaired) electrons. The minimum absolute atomic E-state index is 0.232. The standard InChI is InChI=1S/C14H17N7O2S2/c1-3-9(4-2)12-16-17-13(25-12)15-10(22)8-20-14(23)21(19-18-20)11-6-5-7-24-11/h5-7,9H,3-4,8H2,1-2H3,(H,15,17,22). The number of carbonyl (C=O) groups is 1. The Labute approximate surface area is 151 Å². The van der Waals surface area contributed by atoms with Gasteiger partial charge in [-0.15, -0.1) is 21.5 Å². The Balaban J connectivity index is 1.67. The quantitative estimate of drug-likeness (QED) is 0.672. The molecule has 3 heterocycles. The van der Waals surface area contributed by atoms with Gasteiger partial charge in [-0.05, 0) is 40.8 Å². The second kappa shape index (κ2) is 7.66. The lowest BCUT2D eigenvalue weighted by Gasteiger charge is -2.05. The molecule has 0 unspecified atom stereocenters. The van der Waals surface area contributed by atoms with Gasteiger partial charge >= 0.3 is 5.69 Å². The minimum atomic E-state index is -0.465. The normalized spacial score (nSPS) is 11.2. The number of aromatic nitrogens is 6. The van der Waals surface area contributed by atoms with Crippen molar-refractivity contribution in [3.05, 3.63) is 33.0 Å². The number of hydrogen-bond donors (Lipinski definition) is 1. The zero-order chi connectivity index (χ0) is 17.8. The Bertz CT molecular complexity index is 893. The molecule has 1 amide bonds. The van der Waals surface area contributed by atoms with Crippen molar-refractivity contribution in [3.8, 4) is 5.00 Å². The highest BCUT2D eigenvalue weighted by Gasteiger charge is 2.16. The lowest BCUT2D eigenvalue weighted by Crippen LogP contribution is -2.29. The van der Waals surface area contributed by atoms with Crippen molar-refractivity contribution >= 4 is 33.7 Å². The highest BCUT2D eigenvalue weighted by molar-refractivity contribution is 7.15. The molecule has 9 nitrogen and oxygen atoms in total. The van der Waals surface area contributed by atoms with Crippen molar-refractivity contribution in [2.45, 2.75) is 39.2 Å². The number of amides is 1. The first-order valence-corrected chi connectivity index (χ1v) is 9.52. The molecule has 0 aliphatic carbocycles. The van der Waals surface area contributed by atoms with Crippen LogP contribution in [0.2, 0.25) is 0 Å². The second-order valence-corrected chi connectivity index (χ2v) is 7.22. The molecule has 0 bridgehead atoms. The summed E-state index contributed by atoms with van der Waals surface area (Å²) in [5, 5.41) is 22.1. The van der Waals surface area contributed by atoms with Gasteiger partial charge in [-0.25, -0.2) is 4.79 Å². The Hall–Kier alpha value is -2.40. The van der Waals surface area contributed by atoms with Crippen LogP contribution in [0.15, 0.2) is 22.3 Å². The number of thiophene rings is 1. The van der Waals surface area contributed by atoms with E-state index in [2.05, 4.69) is 39.8 Å². The van der Waals surface area contributed by atoms with Gasteiger partial charge in [0.2, 0.25) is 11.0 Å². The van der Waals surface area contributed by atoms with E-state index in [0.29, 0.717) is 16.1 Å². The van der Waals surface area contributed by atoms with Gasteiger partial charge in [-0.1, -0.05) is 25.2 Å². The van der Waals surface area contributed by atoms with Crippen LogP contribution in [0.25, 0.3) is 5.00 Å². The van der Waals surface area contributed by atoms with E-state index in [9.17, 15) is 9.59 Å². The van der Waals surface area contributed by atoms with Crippen molar-refractivity contribution in [1.29, 1.82) is 0 Å². The minimum Gasteiger partial charge on any atom is -0.299 e. The summed E-state index contributed by atoms with van der Waals surface area (Å²) in [5.41, 5.74) is -0.465. The first kappa shape index (κ1) is 17.4. The third-order valence-corrected chi connectivity index (χ3v) is 5.51. The summed E-state index contributed by atoms with van der Waals surface area (Å²) in [7, 11) is 0. The molecule has 25 heavy (non-hydrogen) atoms. The van der Waals surface area contributed by atoms with Gasteiger partial charge in [-0.2, -0.15) is 9.36 Å². The van der Waals surface area contributed by atoms with Crippen molar-refractivity contribution in [1.82, 2.24) is 30.0 Å². The average Bonchev–Trinajstić information content (AvgIpc) is 3.32. The van der Waals surface area contributed by atoms with E-state index in [4.69, 9.17) is 0 Å². The zero-order valence-electron chi connectivity index (χ0n) is 13.7. The monoisotopic (exact) mass is 379 g/mol. The predicted octanol–water partition coefficient (Wildman–Crippen LogP) is 1.88. The van der Waals surface area contributed by atoms with Gasteiger partial charge in [0.05, 0.1) is 0 Å². The van der Waals surface area contributed by atoms with E-state index in [1.807, 2.05) is 11.4 Å². The van der Waals surface area contributed by atoms with E-state index >= 15 is 0 Å². The van der Waals surface area contributed by atoms with E-state index < -0.39 is 11.6 Å². The van der Waals surface area contributed by atoms with Crippen molar-refractivity contribution < 1.29 is 4.79 Å². The molecule has 0 aliphatic heterocycles. The molecule has 0 aromatic carbocycles. The lowest BCUT2D eigenvalue weighted by atomic mass is 10.1.